The molecule has 0 spiro atoms. The molecule has 5 nitrogen and oxygen atoms in total. The van der Waals surface area contributed by atoms with E-state index in [0.717, 1.165) is 23.0 Å². The number of aromatic nitrogens is 2. The number of amides is 1. The summed E-state index contributed by atoms with van der Waals surface area (Å²) in [6, 6.07) is 11.9. The van der Waals surface area contributed by atoms with Crippen molar-refractivity contribution >= 4 is 33.8 Å². The van der Waals surface area contributed by atoms with Gasteiger partial charge in [-0.15, -0.1) is 11.3 Å². The summed E-state index contributed by atoms with van der Waals surface area (Å²) in [5, 5.41) is 8.21. The standard InChI is InChI=1S/C21H13F3N4OS/c22-16-6-5-15(18(23)19(16)24)20(29)26-13-1-3-14(4-2-13)27-21-28-17(11-30-21)12-7-9-25-10-8-12/h1-11H,(H,26,29)(H,27,28). The first kappa shape index (κ1) is 19.6. The summed E-state index contributed by atoms with van der Waals surface area (Å²) in [5.41, 5.74) is 2.29. The number of hydrogen-bond donors (Lipinski definition) is 2. The van der Waals surface area contributed by atoms with Gasteiger partial charge in [-0.25, -0.2) is 18.2 Å². The molecular formula is C21H13F3N4OS. The Bertz CT molecular complexity index is 1200. The minimum Gasteiger partial charge on any atom is -0.332 e. The first-order chi connectivity index (χ1) is 14.5. The summed E-state index contributed by atoms with van der Waals surface area (Å²) in [7, 11) is 0. The van der Waals surface area contributed by atoms with E-state index in [2.05, 4.69) is 20.6 Å². The van der Waals surface area contributed by atoms with E-state index in [1.165, 1.54) is 11.3 Å². The molecule has 0 atom stereocenters. The van der Waals surface area contributed by atoms with Crippen molar-refractivity contribution in [3.63, 3.8) is 0 Å². The molecule has 0 aliphatic heterocycles. The van der Waals surface area contributed by atoms with Gasteiger partial charge in [-0.1, -0.05) is 0 Å². The van der Waals surface area contributed by atoms with E-state index < -0.39 is 28.9 Å². The second-order valence-corrected chi connectivity index (χ2v) is 7.01. The number of halogens is 3. The molecule has 0 radical (unpaired) electrons. The smallest absolute Gasteiger partial charge is 0.258 e. The van der Waals surface area contributed by atoms with Crippen molar-refractivity contribution in [1.82, 2.24) is 9.97 Å². The van der Waals surface area contributed by atoms with Crippen LogP contribution in [0.5, 0.6) is 0 Å². The lowest BCUT2D eigenvalue weighted by molar-refractivity contribution is 0.102. The number of nitrogens with one attached hydrogen (secondary N) is 2. The molecule has 0 saturated heterocycles. The molecule has 0 saturated carbocycles. The van der Waals surface area contributed by atoms with Crippen molar-refractivity contribution in [1.29, 1.82) is 0 Å². The summed E-state index contributed by atoms with van der Waals surface area (Å²) < 4.78 is 40.1. The molecule has 1 amide bonds. The fourth-order valence-corrected chi connectivity index (χ4v) is 3.39. The van der Waals surface area contributed by atoms with Crippen LogP contribution in [-0.4, -0.2) is 15.9 Å². The largest absolute Gasteiger partial charge is 0.332 e. The Morgan fingerprint density at radius 1 is 0.867 bits per heavy atom. The van der Waals surface area contributed by atoms with Crippen LogP contribution in [0.15, 0.2) is 66.3 Å². The van der Waals surface area contributed by atoms with Crippen molar-refractivity contribution in [2.45, 2.75) is 0 Å². The zero-order valence-corrected chi connectivity index (χ0v) is 16.0. The molecule has 2 aromatic heterocycles. The Balaban J connectivity index is 1.43. The molecule has 150 valence electrons. The Labute approximate surface area is 173 Å². The van der Waals surface area contributed by atoms with E-state index >= 15 is 0 Å². The quantitative estimate of drug-likeness (QED) is 0.407. The highest BCUT2D eigenvalue weighted by atomic mass is 32.1. The van der Waals surface area contributed by atoms with Gasteiger partial charge in [0.05, 0.1) is 11.3 Å². The highest BCUT2D eigenvalue weighted by molar-refractivity contribution is 7.14. The predicted molar refractivity (Wildman–Crippen MR) is 109 cm³/mol. The van der Waals surface area contributed by atoms with Crippen molar-refractivity contribution < 1.29 is 18.0 Å². The average molecular weight is 426 g/mol. The van der Waals surface area contributed by atoms with Crippen LogP contribution >= 0.6 is 11.3 Å². The molecule has 0 aliphatic carbocycles. The van der Waals surface area contributed by atoms with E-state index in [9.17, 15) is 18.0 Å². The number of nitrogens with zero attached hydrogens (tertiary/aromatic N) is 2. The van der Waals surface area contributed by atoms with E-state index in [4.69, 9.17) is 0 Å². The van der Waals surface area contributed by atoms with Gasteiger partial charge in [0.15, 0.2) is 22.6 Å². The highest BCUT2D eigenvalue weighted by Gasteiger charge is 2.18. The molecule has 2 aromatic carbocycles. The lowest BCUT2D eigenvalue weighted by atomic mass is 10.1. The molecule has 0 aliphatic rings. The van der Waals surface area contributed by atoms with E-state index in [1.807, 2.05) is 17.5 Å². The summed E-state index contributed by atoms with van der Waals surface area (Å²) >= 11 is 1.44. The zero-order chi connectivity index (χ0) is 21.1. The van der Waals surface area contributed by atoms with Crippen LogP contribution in [0.2, 0.25) is 0 Å². The molecule has 0 bridgehead atoms. The third-order valence-electron chi connectivity index (χ3n) is 4.15. The maximum atomic E-state index is 13.8. The minimum absolute atomic E-state index is 0.367. The first-order valence-electron chi connectivity index (χ1n) is 8.69. The summed E-state index contributed by atoms with van der Waals surface area (Å²) in [6.07, 6.45) is 3.39. The fraction of sp³-hybridized carbons (Fsp3) is 0. The van der Waals surface area contributed by atoms with Crippen LogP contribution in [0.25, 0.3) is 11.3 Å². The molecule has 4 aromatic rings. The van der Waals surface area contributed by atoms with Crippen LogP contribution in [-0.2, 0) is 0 Å². The second kappa shape index (κ2) is 8.34. The molecule has 0 fully saturated rings. The van der Waals surface area contributed by atoms with Gasteiger partial charge in [0.25, 0.3) is 5.91 Å². The summed E-state index contributed by atoms with van der Waals surface area (Å²) in [4.78, 5) is 20.6. The van der Waals surface area contributed by atoms with Gasteiger partial charge in [0, 0.05) is 34.7 Å². The zero-order valence-electron chi connectivity index (χ0n) is 15.2. The Morgan fingerprint density at radius 3 is 2.30 bits per heavy atom. The summed E-state index contributed by atoms with van der Waals surface area (Å²) in [5.74, 6) is -5.45. The maximum Gasteiger partial charge on any atom is 0.258 e. The Kier molecular flexibility index (Phi) is 5.44. The number of hydrogen-bond acceptors (Lipinski definition) is 5. The van der Waals surface area contributed by atoms with Crippen LogP contribution in [0.1, 0.15) is 10.4 Å². The third kappa shape index (κ3) is 4.15. The Morgan fingerprint density at radius 2 is 1.57 bits per heavy atom. The average Bonchev–Trinajstić information content (AvgIpc) is 3.22. The van der Waals surface area contributed by atoms with Crippen LogP contribution in [0.4, 0.5) is 29.7 Å². The van der Waals surface area contributed by atoms with Gasteiger partial charge in [0.2, 0.25) is 0 Å². The number of rotatable bonds is 5. The van der Waals surface area contributed by atoms with Gasteiger partial charge in [-0.3, -0.25) is 9.78 Å². The number of thiazole rings is 1. The predicted octanol–water partition coefficient (Wildman–Crippen LogP) is 5.62. The van der Waals surface area contributed by atoms with Crippen molar-refractivity contribution in [2.75, 3.05) is 10.6 Å². The molecule has 0 unspecified atom stereocenters. The Hall–Kier alpha value is -3.72. The van der Waals surface area contributed by atoms with Crippen LogP contribution in [0, 0.1) is 17.5 Å². The van der Waals surface area contributed by atoms with Gasteiger partial charge < -0.3 is 10.6 Å². The molecule has 2 heterocycles. The highest BCUT2D eigenvalue weighted by Crippen LogP contribution is 2.27. The lowest BCUT2D eigenvalue weighted by Gasteiger charge is -2.08. The number of anilines is 3. The van der Waals surface area contributed by atoms with Crippen LogP contribution < -0.4 is 10.6 Å². The maximum absolute atomic E-state index is 13.8. The lowest BCUT2D eigenvalue weighted by Crippen LogP contribution is -2.15. The second-order valence-electron chi connectivity index (χ2n) is 6.15. The molecule has 4 rings (SSSR count). The fourth-order valence-electron chi connectivity index (χ4n) is 2.65. The molecular weight excluding hydrogens is 413 g/mol. The van der Waals surface area contributed by atoms with Crippen molar-refractivity contribution in [3.05, 3.63) is 89.3 Å². The molecule has 2 N–H and O–H groups in total. The minimum atomic E-state index is -1.68. The third-order valence-corrected chi connectivity index (χ3v) is 4.91. The topological polar surface area (TPSA) is 66.9 Å². The van der Waals surface area contributed by atoms with Crippen LogP contribution in [0.3, 0.4) is 0 Å². The number of carbonyl (C=O) groups excluding carboxylic acids is 1. The first-order valence-corrected chi connectivity index (χ1v) is 9.57. The SMILES string of the molecule is O=C(Nc1ccc(Nc2nc(-c3ccncc3)cs2)cc1)c1ccc(F)c(F)c1F. The van der Waals surface area contributed by atoms with Gasteiger partial charge in [0.1, 0.15) is 0 Å². The number of benzene rings is 2. The van der Waals surface area contributed by atoms with Crippen molar-refractivity contribution in [2.24, 2.45) is 0 Å². The number of pyridine rings is 1. The van der Waals surface area contributed by atoms with Gasteiger partial charge in [-0.2, -0.15) is 0 Å². The number of carbonyl (C=O) groups is 1. The molecule has 30 heavy (non-hydrogen) atoms. The van der Waals surface area contributed by atoms with E-state index in [1.54, 1.807) is 36.7 Å². The summed E-state index contributed by atoms with van der Waals surface area (Å²) in [6.45, 7) is 0. The monoisotopic (exact) mass is 426 g/mol. The van der Waals surface area contributed by atoms with Crippen molar-refractivity contribution in [3.8, 4) is 11.3 Å². The van der Waals surface area contributed by atoms with Gasteiger partial charge >= 0.3 is 0 Å². The van der Waals surface area contributed by atoms with E-state index in [0.29, 0.717) is 16.9 Å². The van der Waals surface area contributed by atoms with Gasteiger partial charge in [-0.05, 0) is 48.5 Å². The van der Waals surface area contributed by atoms with E-state index in [-0.39, 0.29) is 0 Å². The normalized spacial score (nSPS) is 10.6. The molecule has 9 heteroatoms.